The minimum atomic E-state index is -2.56. The topological polar surface area (TPSA) is 77.1 Å². The summed E-state index contributed by atoms with van der Waals surface area (Å²) < 4.78 is 15.9. The van der Waals surface area contributed by atoms with Crippen LogP contribution in [0.5, 0.6) is 0 Å². The second-order valence-electron chi connectivity index (χ2n) is 5.05. The van der Waals surface area contributed by atoms with E-state index in [4.69, 9.17) is 13.3 Å². The first-order valence-electron chi connectivity index (χ1n) is 7.60. The zero-order valence-electron chi connectivity index (χ0n) is 14.4. The van der Waals surface area contributed by atoms with Gasteiger partial charge in [0.05, 0.1) is 0 Å². The van der Waals surface area contributed by atoms with Gasteiger partial charge in [-0.25, -0.2) is 4.79 Å². The summed E-state index contributed by atoms with van der Waals surface area (Å²) in [5.41, 5.74) is 0. The predicted octanol–water partition coefficient (Wildman–Crippen LogP) is 1.66. The molecule has 0 aromatic heterocycles. The van der Waals surface area contributed by atoms with Gasteiger partial charge in [-0.1, -0.05) is 6.92 Å². The van der Waals surface area contributed by atoms with E-state index >= 15 is 0 Å². The summed E-state index contributed by atoms with van der Waals surface area (Å²) in [6.45, 7) is 2.95. The van der Waals surface area contributed by atoms with Gasteiger partial charge in [-0.15, -0.1) is 0 Å². The predicted molar refractivity (Wildman–Crippen MR) is 86.8 cm³/mol. The molecule has 0 aliphatic rings. The van der Waals surface area contributed by atoms with Gasteiger partial charge < -0.3 is 23.5 Å². The lowest BCUT2D eigenvalue weighted by Crippen LogP contribution is -2.44. The van der Waals surface area contributed by atoms with Crippen LogP contribution in [0.25, 0.3) is 0 Å². The van der Waals surface area contributed by atoms with E-state index in [0.717, 1.165) is 6.42 Å². The zero-order valence-corrected chi connectivity index (χ0v) is 15.4. The van der Waals surface area contributed by atoms with Crippen LogP contribution in [-0.4, -0.2) is 67.0 Å². The van der Waals surface area contributed by atoms with E-state index in [1.165, 1.54) is 0 Å². The highest BCUT2D eigenvalue weighted by atomic mass is 28.4. The first-order valence-corrected chi connectivity index (χ1v) is 9.54. The van der Waals surface area contributed by atoms with Crippen molar-refractivity contribution in [3.63, 3.8) is 0 Å². The number of hydrogen-bond donors (Lipinski definition) is 1. The number of carbonyl (C=O) groups is 2. The molecular weight excluding hydrogens is 304 g/mol. The number of nitrogens with one attached hydrogen (secondary N) is 1. The van der Waals surface area contributed by atoms with Gasteiger partial charge in [0, 0.05) is 60.4 Å². The second kappa shape index (κ2) is 11.6. The Hall–Kier alpha value is -0.963. The Morgan fingerprint density at radius 2 is 1.68 bits per heavy atom. The molecule has 2 amide bonds. The Morgan fingerprint density at radius 3 is 2.18 bits per heavy atom. The SMILES string of the molecule is CCC(=O)CCCN(C)C(=O)NCCC[Si](OC)(OC)OC. The molecule has 7 nitrogen and oxygen atoms in total. The third-order valence-corrected chi connectivity index (χ3v) is 6.39. The zero-order chi connectivity index (χ0) is 17.0. The van der Waals surface area contributed by atoms with E-state index < -0.39 is 8.80 Å². The molecule has 130 valence electrons. The summed E-state index contributed by atoms with van der Waals surface area (Å²) in [6, 6.07) is 0.509. The van der Waals surface area contributed by atoms with Gasteiger partial charge in [0.1, 0.15) is 5.78 Å². The minimum absolute atomic E-state index is 0.136. The molecular formula is C14H30N2O5Si. The monoisotopic (exact) mass is 334 g/mol. The Kier molecular flexibility index (Phi) is 11.1. The normalized spacial score (nSPS) is 11.3. The molecule has 0 bridgehead atoms. The van der Waals surface area contributed by atoms with Crippen LogP contribution >= 0.6 is 0 Å². The Morgan fingerprint density at radius 1 is 1.09 bits per heavy atom. The summed E-state index contributed by atoms with van der Waals surface area (Å²) in [7, 11) is 3.89. The van der Waals surface area contributed by atoms with Crippen LogP contribution < -0.4 is 5.32 Å². The van der Waals surface area contributed by atoms with E-state index in [1.54, 1.807) is 33.3 Å². The highest BCUT2D eigenvalue weighted by Crippen LogP contribution is 2.14. The van der Waals surface area contributed by atoms with Crippen LogP contribution in [0.15, 0.2) is 0 Å². The maximum absolute atomic E-state index is 11.9. The van der Waals surface area contributed by atoms with Crippen molar-refractivity contribution in [1.29, 1.82) is 0 Å². The number of urea groups is 1. The first kappa shape index (κ1) is 21.0. The van der Waals surface area contributed by atoms with E-state index in [9.17, 15) is 9.59 Å². The van der Waals surface area contributed by atoms with Crippen LogP contribution in [0.2, 0.25) is 6.04 Å². The van der Waals surface area contributed by atoms with Crippen molar-refractivity contribution in [2.24, 2.45) is 0 Å². The summed E-state index contributed by atoms with van der Waals surface area (Å²) in [6.07, 6.45) is 2.50. The van der Waals surface area contributed by atoms with Crippen molar-refractivity contribution in [3.05, 3.63) is 0 Å². The van der Waals surface area contributed by atoms with Crippen molar-refractivity contribution in [1.82, 2.24) is 10.2 Å². The van der Waals surface area contributed by atoms with E-state index in [1.807, 2.05) is 6.92 Å². The Balaban J connectivity index is 3.91. The molecule has 0 heterocycles. The molecule has 0 radical (unpaired) electrons. The fourth-order valence-corrected chi connectivity index (χ4v) is 3.71. The quantitative estimate of drug-likeness (QED) is 0.434. The van der Waals surface area contributed by atoms with Crippen molar-refractivity contribution >= 4 is 20.6 Å². The van der Waals surface area contributed by atoms with Crippen LogP contribution in [0, 0.1) is 0 Å². The standard InChI is InChI=1S/C14H30N2O5Si/c1-6-13(17)9-7-11-16(2)14(18)15-10-8-12-22(19-3,20-4)21-5/h6-12H2,1-5H3,(H,15,18). The molecule has 22 heavy (non-hydrogen) atoms. The third-order valence-electron chi connectivity index (χ3n) is 3.56. The molecule has 0 spiro atoms. The molecule has 0 aromatic carbocycles. The molecule has 0 rings (SSSR count). The molecule has 0 aliphatic carbocycles. The number of hydrogen-bond acceptors (Lipinski definition) is 5. The Labute approximate surface area is 134 Å². The minimum Gasteiger partial charge on any atom is -0.377 e. The molecule has 0 aliphatic heterocycles. The maximum atomic E-state index is 11.9. The largest absolute Gasteiger partial charge is 0.500 e. The fraction of sp³-hybridized carbons (Fsp3) is 0.857. The molecule has 0 atom stereocenters. The average molecular weight is 334 g/mol. The number of carbonyl (C=O) groups excluding carboxylic acids is 2. The first-order chi connectivity index (χ1) is 10.4. The number of nitrogens with zero attached hydrogens (tertiary/aromatic N) is 1. The molecule has 8 heteroatoms. The lowest BCUT2D eigenvalue weighted by molar-refractivity contribution is -0.118. The highest BCUT2D eigenvalue weighted by Gasteiger charge is 2.36. The third kappa shape index (κ3) is 7.88. The van der Waals surface area contributed by atoms with Crippen LogP contribution in [0.4, 0.5) is 4.79 Å². The van der Waals surface area contributed by atoms with Gasteiger partial charge in [-0.05, 0) is 12.8 Å². The van der Waals surface area contributed by atoms with Crippen LogP contribution in [0.1, 0.15) is 32.6 Å². The van der Waals surface area contributed by atoms with Gasteiger partial charge in [-0.3, -0.25) is 4.79 Å². The summed E-state index contributed by atoms with van der Waals surface area (Å²) in [5, 5.41) is 2.84. The van der Waals surface area contributed by atoms with Crippen molar-refractivity contribution < 1.29 is 22.9 Å². The molecule has 0 unspecified atom stereocenters. The van der Waals surface area contributed by atoms with Gasteiger partial charge >= 0.3 is 14.8 Å². The number of rotatable bonds is 12. The van der Waals surface area contributed by atoms with Gasteiger partial charge in [0.15, 0.2) is 0 Å². The average Bonchev–Trinajstić information content (AvgIpc) is 2.55. The van der Waals surface area contributed by atoms with Crippen molar-refractivity contribution in [2.45, 2.75) is 38.7 Å². The van der Waals surface area contributed by atoms with Crippen molar-refractivity contribution in [3.8, 4) is 0 Å². The molecule has 0 aromatic rings. The number of amides is 2. The number of ketones is 1. The maximum Gasteiger partial charge on any atom is 0.500 e. The van der Waals surface area contributed by atoms with Gasteiger partial charge in [0.2, 0.25) is 0 Å². The second-order valence-corrected chi connectivity index (χ2v) is 8.14. The summed E-state index contributed by atoms with van der Waals surface area (Å²) in [4.78, 5) is 24.7. The van der Waals surface area contributed by atoms with Crippen molar-refractivity contribution in [2.75, 3.05) is 41.5 Å². The van der Waals surface area contributed by atoms with Crippen LogP contribution in [0.3, 0.4) is 0 Å². The molecule has 1 N–H and O–H groups in total. The number of Topliss-reactive ketones (excluding diaryl/α,β-unsaturated/α-hetero) is 1. The summed E-state index contributed by atoms with van der Waals surface area (Å²) >= 11 is 0. The van der Waals surface area contributed by atoms with Crippen LogP contribution in [-0.2, 0) is 18.1 Å². The Bertz CT molecular complexity index is 329. The molecule has 0 saturated carbocycles. The summed E-state index contributed by atoms with van der Waals surface area (Å²) in [5.74, 6) is 0.230. The van der Waals surface area contributed by atoms with E-state index in [-0.39, 0.29) is 11.8 Å². The lowest BCUT2D eigenvalue weighted by atomic mass is 10.2. The van der Waals surface area contributed by atoms with Gasteiger partial charge in [-0.2, -0.15) is 0 Å². The highest BCUT2D eigenvalue weighted by molar-refractivity contribution is 6.60. The van der Waals surface area contributed by atoms with Gasteiger partial charge in [0.25, 0.3) is 0 Å². The smallest absolute Gasteiger partial charge is 0.377 e. The molecule has 0 fully saturated rings. The molecule has 0 saturated heterocycles. The fourth-order valence-electron chi connectivity index (χ4n) is 1.98. The van der Waals surface area contributed by atoms with E-state index in [2.05, 4.69) is 5.32 Å². The van der Waals surface area contributed by atoms with E-state index in [0.29, 0.717) is 38.4 Å². The lowest BCUT2D eigenvalue weighted by Gasteiger charge is -2.24.